The topological polar surface area (TPSA) is 40.5 Å². The minimum Gasteiger partial charge on any atom is -0.392 e. The van der Waals surface area contributed by atoms with Crippen molar-refractivity contribution in [3.05, 3.63) is 12.7 Å². The number of aliphatic hydroxyl groups excluding tert-OH is 2. The van der Waals surface area contributed by atoms with Crippen LogP contribution in [0.5, 0.6) is 0 Å². The second kappa shape index (κ2) is 3.08. The lowest BCUT2D eigenvalue weighted by Crippen LogP contribution is -2.40. The van der Waals surface area contributed by atoms with Crippen LogP contribution in [0.2, 0.25) is 0 Å². The molecule has 2 heteroatoms. The Balaban J connectivity index is 2.37. The number of hydrogen-bond acceptors (Lipinski definition) is 2. The summed E-state index contributed by atoms with van der Waals surface area (Å²) in [5, 5.41) is 20.3. The fraction of sp³-hybridized carbons (Fsp3) is 0.846. The molecule has 86 valence electrons. The molecule has 2 rings (SSSR count). The lowest BCUT2D eigenvalue weighted by atomic mass is 9.70. The Bertz CT molecular complexity index is 284. The maximum absolute atomic E-state index is 10.4. The first-order chi connectivity index (χ1) is 6.86. The summed E-state index contributed by atoms with van der Waals surface area (Å²) in [7, 11) is 0. The second-order valence-electron chi connectivity index (χ2n) is 6.03. The van der Waals surface area contributed by atoms with Gasteiger partial charge in [0, 0.05) is 5.92 Å². The van der Waals surface area contributed by atoms with Crippen molar-refractivity contribution in [2.24, 2.45) is 22.7 Å². The molecule has 2 aliphatic carbocycles. The van der Waals surface area contributed by atoms with E-state index in [0.29, 0.717) is 5.92 Å². The third-order valence-corrected chi connectivity index (χ3v) is 5.49. The zero-order valence-corrected chi connectivity index (χ0v) is 9.90. The van der Waals surface area contributed by atoms with Gasteiger partial charge < -0.3 is 10.2 Å². The number of hydrogen-bond donors (Lipinski definition) is 2. The Morgan fingerprint density at radius 1 is 1.40 bits per heavy atom. The normalized spacial score (nSPS) is 49.3. The van der Waals surface area contributed by atoms with Crippen LogP contribution in [0.3, 0.4) is 0 Å². The molecule has 0 radical (unpaired) electrons. The number of fused-ring (bicyclic) bond motifs is 2. The molecule has 5 atom stereocenters. The molecular formula is C13H22O2. The van der Waals surface area contributed by atoms with Crippen LogP contribution in [0.4, 0.5) is 0 Å². The monoisotopic (exact) mass is 210 g/mol. The van der Waals surface area contributed by atoms with Crippen LogP contribution in [-0.4, -0.2) is 22.4 Å². The van der Waals surface area contributed by atoms with Crippen molar-refractivity contribution < 1.29 is 10.2 Å². The van der Waals surface area contributed by atoms with Crippen molar-refractivity contribution in [3.63, 3.8) is 0 Å². The van der Waals surface area contributed by atoms with E-state index in [9.17, 15) is 10.2 Å². The van der Waals surface area contributed by atoms with Crippen LogP contribution in [0.15, 0.2) is 12.7 Å². The van der Waals surface area contributed by atoms with Gasteiger partial charge >= 0.3 is 0 Å². The van der Waals surface area contributed by atoms with Crippen molar-refractivity contribution in [3.8, 4) is 0 Å². The van der Waals surface area contributed by atoms with Gasteiger partial charge in [0.2, 0.25) is 0 Å². The van der Waals surface area contributed by atoms with E-state index in [0.717, 1.165) is 12.8 Å². The van der Waals surface area contributed by atoms with E-state index in [4.69, 9.17) is 0 Å². The molecule has 2 fully saturated rings. The molecule has 0 aliphatic heterocycles. The van der Waals surface area contributed by atoms with Gasteiger partial charge in [0.25, 0.3) is 0 Å². The Morgan fingerprint density at radius 3 is 2.40 bits per heavy atom. The van der Waals surface area contributed by atoms with Crippen molar-refractivity contribution in [1.82, 2.24) is 0 Å². The second-order valence-corrected chi connectivity index (χ2v) is 6.03. The van der Waals surface area contributed by atoms with E-state index in [1.807, 2.05) is 0 Å². The molecule has 0 aromatic carbocycles. The largest absolute Gasteiger partial charge is 0.392 e. The first-order valence-electron chi connectivity index (χ1n) is 5.85. The predicted octanol–water partition coefficient (Wildman–Crippen LogP) is 1.97. The molecule has 0 aromatic rings. The Labute approximate surface area is 92.0 Å². The highest BCUT2D eigenvalue weighted by Gasteiger charge is 2.66. The Kier molecular flexibility index (Phi) is 2.29. The van der Waals surface area contributed by atoms with Crippen molar-refractivity contribution >= 4 is 0 Å². The lowest BCUT2D eigenvalue weighted by molar-refractivity contribution is -0.0383. The fourth-order valence-electron chi connectivity index (χ4n) is 3.99. The summed E-state index contributed by atoms with van der Waals surface area (Å²) >= 11 is 0. The number of aliphatic hydroxyl groups is 2. The van der Waals surface area contributed by atoms with Gasteiger partial charge in [-0.3, -0.25) is 0 Å². The first kappa shape index (κ1) is 11.2. The minimum atomic E-state index is -0.564. The van der Waals surface area contributed by atoms with Crippen molar-refractivity contribution in [2.75, 3.05) is 0 Å². The van der Waals surface area contributed by atoms with E-state index in [-0.39, 0.29) is 22.9 Å². The predicted molar refractivity (Wildman–Crippen MR) is 60.3 cm³/mol. The maximum Gasteiger partial charge on any atom is 0.0774 e. The minimum absolute atomic E-state index is 0.0174. The summed E-state index contributed by atoms with van der Waals surface area (Å²) < 4.78 is 0. The van der Waals surface area contributed by atoms with Crippen LogP contribution in [0.1, 0.15) is 33.6 Å². The van der Waals surface area contributed by atoms with Crippen LogP contribution in [-0.2, 0) is 0 Å². The first-order valence-corrected chi connectivity index (χ1v) is 5.85. The van der Waals surface area contributed by atoms with Crippen molar-refractivity contribution in [1.29, 1.82) is 0 Å². The van der Waals surface area contributed by atoms with Crippen LogP contribution >= 0.6 is 0 Å². The van der Waals surface area contributed by atoms with Gasteiger partial charge in [0.1, 0.15) is 0 Å². The highest BCUT2D eigenvalue weighted by Crippen LogP contribution is 2.68. The van der Waals surface area contributed by atoms with Gasteiger partial charge in [-0.2, -0.15) is 0 Å². The lowest BCUT2D eigenvalue weighted by Gasteiger charge is -2.37. The Morgan fingerprint density at radius 2 is 2.00 bits per heavy atom. The molecule has 2 aliphatic rings. The molecule has 0 saturated heterocycles. The van der Waals surface area contributed by atoms with E-state index in [1.54, 1.807) is 6.08 Å². The van der Waals surface area contributed by atoms with Gasteiger partial charge in [0.05, 0.1) is 12.2 Å². The molecule has 2 bridgehead atoms. The van der Waals surface area contributed by atoms with E-state index >= 15 is 0 Å². The van der Waals surface area contributed by atoms with Crippen molar-refractivity contribution in [2.45, 2.75) is 45.8 Å². The number of rotatable bonds is 2. The summed E-state index contributed by atoms with van der Waals surface area (Å²) in [6.07, 6.45) is 2.81. The van der Waals surface area contributed by atoms with E-state index in [1.165, 1.54) is 0 Å². The summed E-state index contributed by atoms with van der Waals surface area (Å²) in [5.74, 6) is 0.404. The third kappa shape index (κ3) is 1.12. The highest BCUT2D eigenvalue weighted by molar-refractivity contribution is 5.16. The van der Waals surface area contributed by atoms with Gasteiger partial charge in [0.15, 0.2) is 0 Å². The molecule has 0 amide bonds. The molecule has 0 spiro atoms. The molecule has 15 heavy (non-hydrogen) atoms. The van der Waals surface area contributed by atoms with Crippen LogP contribution < -0.4 is 0 Å². The zero-order valence-electron chi connectivity index (χ0n) is 9.90. The van der Waals surface area contributed by atoms with E-state index < -0.39 is 6.10 Å². The molecule has 2 N–H and O–H groups in total. The molecule has 2 unspecified atom stereocenters. The molecular weight excluding hydrogens is 188 g/mol. The quantitative estimate of drug-likeness (QED) is 0.684. The summed E-state index contributed by atoms with van der Waals surface area (Å²) in [6, 6.07) is 0. The smallest absolute Gasteiger partial charge is 0.0774 e. The summed E-state index contributed by atoms with van der Waals surface area (Å²) in [5.41, 5.74) is 0.0907. The summed E-state index contributed by atoms with van der Waals surface area (Å²) in [6.45, 7) is 10.2. The molecule has 0 aromatic heterocycles. The standard InChI is InChI=1S/C13H22O2/c1-5-9(14)10-8-6-7-13(4,11(10)15)12(8,2)3/h5,8-11,14-15H,1,6-7H2,2-4H3/t8?,9-,10-,11-,13?/m0/s1. The SMILES string of the molecule is C=C[C@H](O)[C@@H]1C2CCC(C)([C@H]1O)C2(C)C. The average molecular weight is 210 g/mol. The van der Waals surface area contributed by atoms with Crippen LogP contribution in [0, 0.1) is 22.7 Å². The Hall–Kier alpha value is -0.340. The molecule has 2 nitrogen and oxygen atoms in total. The summed E-state index contributed by atoms with van der Waals surface area (Å²) in [4.78, 5) is 0. The van der Waals surface area contributed by atoms with Gasteiger partial charge in [-0.15, -0.1) is 6.58 Å². The third-order valence-electron chi connectivity index (χ3n) is 5.49. The average Bonchev–Trinajstić information content (AvgIpc) is 2.48. The van der Waals surface area contributed by atoms with Gasteiger partial charge in [-0.1, -0.05) is 26.8 Å². The zero-order chi connectivity index (χ0) is 11.4. The van der Waals surface area contributed by atoms with E-state index in [2.05, 4.69) is 27.4 Å². The highest BCUT2D eigenvalue weighted by atomic mass is 16.3. The molecule has 0 heterocycles. The van der Waals surface area contributed by atoms with Gasteiger partial charge in [-0.25, -0.2) is 0 Å². The maximum atomic E-state index is 10.4. The van der Waals surface area contributed by atoms with Gasteiger partial charge in [-0.05, 0) is 29.6 Å². The fourth-order valence-corrected chi connectivity index (χ4v) is 3.99. The van der Waals surface area contributed by atoms with Crippen LogP contribution in [0.25, 0.3) is 0 Å². The molecule has 2 saturated carbocycles.